The fourth-order valence-electron chi connectivity index (χ4n) is 2.91. The maximum Gasteiger partial charge on any atom is 0.278 e. The maximum absolute atomic E-state index is 11.4. The van der Waals surface area contributed by atoms with Crippen LogP contribution in [-0.2, 0) is 13.9 Å². The molecule has 1 saturated heterocycles. The predicted octanol–water partition coefficient (Wildman–Crippen LogP) is 5.82. The first-order valence-electron chi connectivity index (χ1n) is 10.0. The van der Waals surface area contributed by atoms with Crippen LogP contribution in [0.3, 0.4) is 0 Å². The van der Waals surface area contributed by atoms with Gasteiger partial charge in [-0.25, -0.2) is 0 Å². The van der Waals surface area contributed by atoms with Gasteiger partial charge in [0, 0.05) is 6.07 Å². The van der Waals surface area contributed by atoms with Gasteiger partial charge in [-0.05, 0) is 44.1 Å². The van der Waals surface area contributed by atoms with Gasteiger partial charge in [0.1, 0.15) is 18.3 Å². The molecule has 1 aromatic rings. The van der Waals surface area contributed by atoms with Crippen molar-refractivity contribution < 1.29 is 23.9 Å². The van der Waals surface area contributed by atoms with E-state index in [1.807, 2.05) is 0 Å². The summed E-state index contributed by atoms with van der Waals surface area (Å²) in [6.45, 7) is 14.2. The lowest BCUT2D eigenvalue weighted by molar-refractivity contribution is -0.385. The highest BCUT2D eigenvalue weighted by Gasteiger charge is 2.45. The number of nitrogens with zero attached hydrogens (tertiary/aromatic N) is 1. The summed E-state index contributed by atoms with van der Waals surface area (Å²) in [4.78, 5) is 10.8. The molecule has 3 atom stereocenters. The standard InChI is InChI=1S/C21H31Cl2NO6Si/c1-20(2,3)31(6,7)28-12-17(25)19-18(29-21(4,5)30-19)9-8-13-10-14(22)15(23)11-16(13)24(26)27/h8-11,17-19,25H,12H2,1-7H3/b9-8-/t17-,18+,19-/m1/s1. The zero-order chi connectivity index (χ0) is 23.8. The molecule has 7 nitrogen and oxygen atoms in total. The number of nitro benzene ring substituents is 1. The highest BCUT2D eigenvalue weighted by molar-refractivity contribution is 6.74. The van der Waals surface area contributed by atoms with Crippen LogP contribution in [0.2, 0.25) is 28.2 Å². The molecule has 1 aromatic carbocycles. The summed E-state index contributed by atoms with van der Waals surface area (Å²) in [5.41, 5.74) is 0.0978. The SMILES string of the molecule is CC1(C)O[C@H]([C@H](O)CO[Si](C)(C)C(C)(C)C)[C@H](/C=C\c2cc(Cl)c(Cl)cc2[N+](=O)[O-])O1. The van der Waals surface area contributed by atoms with Crippen LogP contribution < -0.4 is 0 Å². The lowest BCUT2D eigenvalue weighted by Crippen LogP contribution is -2.46. The summed E-state index contributed by atoms with van der Waals surface area (Å²) >= 11 is 11.9. The summed E-state index contributed by atoms with van der Waals surface area (Å²) in [5.74, 6) is -0.929. The van der Waals surface area contributed by atoms with Crippen molar-refractivity contribution in [2.75, 3.05) is 6.61 Å². The summed E-state index contributed by atoms with van der Waals surface area (Å²) in [6.07, 6.45) is 0.889. The van der Waals surface area contributed by atoms with E-state index in [4.69, 9.17) is 37.1 Å². The van der Waals surface area contributed by atoms with Crippen LogP contribution in [0.4, 0.5) is 5.69 Å². The van der Waals surface area contributed by atoms with Crippen LogP contribution >= 0.6 is 23.2 Å². The van der Waals surface area contributed by atoms with Gasteiger partial charge in [-0.2, -0.15) is 0 Å². The largest absolute Gasteiger partial charge is 0.414 e. The first kappa shape index (κ1) is 26.3. The minimum atomic E-state index is -2.06. The number of rotatable bonds is 7. The lowest BCUT2D eigenvalue weighted by Gasteiger charge is -2.37. The molecule has 0 unspecified atom stereocenters. The predicted molar refractivity (Wildman–Crippen MR) is 125 cm³/mol. The summed E-state index contributed by atoms with van der Waals surface area (Å²) in [6, 6.07) is 2.63. The number of aliphatic hydroxyl groups excluding tert-OH is 1. The second kappa shape index (κ2) is 9.47. The molecule has 1 aliphatic heterocycles. The third kappa shape index (κ3) is 6.51. The van der Waals surface area contributed by atoms with Gasteiger partial charge >= 0.3 is 0 Å². The normalized spacial score (nSPS) is 22.8. The molecule has 0 radical (unpaired) electrons. The quantitative estimate of drug-likeness (QED) is 0.293. The molecule has 0 aromatic heterocycles. The van der Waals surface area contributed by atoms with E-state index in [1.165, 1.54) is 18.2 Å². The van der Waals surface area contributed by atoms with Gasteiger partial charge in [0.05, 0.1) is 27.1 Å². The molecule has 1 N–H and O–H groups in total. The van der Waals surface area contributed by atoms with Crippen molar-refractivity contribution in [3.05, 3.63) is 43.9 Å². The van der Waals surface area contributed by atoms with Gasteiger partial charge in [0.2, 0.25) is 0 Å². The number of nitro groups is 1. The molecule has 0 amide bonds. The second-order valence-corrected chi connectivity index (χ2v) is 15.3. The summed E-state index contributed by atoms with van der Waals surface area (Å²) < 4.78 is 18.0. The van der Waals surface area contributed by atoms with E-state index < -0.39 is 37.3 Å². The van der Waals surface area contributed by atoms with Crippen molar-refractivity contribution >= 4 is 43.3 Å². The van der Waals surface area contributed by atoms with Gasteiger partial charge in [-0.1, -0.05) is 50.0 Å². The third-order valence-electron chi connectivity index (χ3n) is 5.70. The second-order valence-electron chi connectivity index (χ2n) is 9.64. The molecule has 174 valence electrons. The van der Waals surface area contributed by atoms with Crippen molar-refractivity contribution in [2.24, 2.45) is 0 Å². The Labute approximate surface area is 194 Å². The molecule has 31 heavy (non-hydrogen) atoms. The smallest absolute Gasteiger partial charge is 0.278 e. The lowest BCUT2D eigenvalue weighted by atomic mass is 10.1. The average molecular weight is 492 g/mol. The molecule has 1 heterocycles. The Morgan fingerprint density at radius 2 is 1.87 bits per heavy atom. The fourth-order valence-corrected chi connectivity index (χ4v) is 4.26. The van der Waals surface area contributed by atoms with E-state index in [9.17, 15) is 15.2 Å². The Morgan fingerprint density at radius 1 is 1.29 bits per heavy atom. The summed E-state index contributed by atoms with van der Waals surface area (Å²) in [5, 5.41) is 22.5. The van der Waals surface area contributed by atoms with E-state index >= 15 is 0 Å². The number of ether oxygens (including phenoxy) is 2. The Balaban J connectivity index is 2.23. The van der Waals surface area contributed by atoms with Gasteiger partial charge in [-0.15, -0.1) is 0 Å². The van der Waals surface area contributed by atoms with Crippen LogP contribution in [0.1, 0.15) is 40.2 Å². The minimum absolute atomic E-state index is 0.00507. The van der Waals surface area contributed by atoms with Crippen molar-refractivity contribution in [3.63, 3.8) is 0 Å². The molecule has 0 bridgehead atoms. The number of benzene rings is 1. The monoisotopic (exact) mass is 491 g/mol. The Hall–Kier alpha value is -1.00. The Kier molecular flexibility index (Phi) is 8.02. The third-order valence-corrected chi connectivity index (χ3v) is 10.9. The first-order valence-corrected chi connectivity index (χ1v) is 13.7. The van der Waals surface area contributed by atoms with E-state index in [2.05, 4.69) is 33.9 Å². The van der Waals surface area contributed by atoms with Crippen LogP contribution in [0.5, 0.6) is 0 Å². The van der Waals surface area contributed by atoms with Crippen molar-refractivity contribution in [1.29, 1.82) is 0 Å². The molecule has 1 aliphatic rings. The van der Waals surface area contributed by atoms with E-state index in [-0.39, 0.29) is 32.9 Å². The zero-order valence-electron chi connectivity index (χ0n) is 18.9. The molecule has 2 rings (SSSR count). The van der Waals surface area contributed by atoms with Gasteiger partial charge < -0.3 is 19.0 Å². The molecular formula is C21H31Cl2NO6Si. The van der Waals surface area contributed by atoms with Crippen molar-refractivity contribution in [2.45, 2.75) is 76.8 Å². The zero-order valence-corrected chi connectivity index (χ0v) is 21.5. The van der Waals surface area contributed by atoms with E-state index in [0.29, 0.717) is 0 Å². The van der Waals surface area contributed by atoms with Crippen LogP contribution in [0, 0.1) is 10.1 Å². The Bertz CT molecular complexity index is 853. The highest BCUT2D eigenvalue weighted by Crippen LogP contribution is 2.38. The molecule has 10 heteroatoms. The number of hydrogen-bond donors (Lipinski definition) is 1. The number of halogens is 2. The topological polar surface area (TPSA) is 91.1 Å². The van der Waals surface area contributed by atoms with Gasteiger partial charge in [0.25, 0.3) is 5.69 Å². The highest BCUT2D eigenvalue weighted by atomic mass is 35.5. The van der Waals surface area contributed by atoms with Crippen LogP contribution in [0.15, 0.2) is 18.2 Å². The molecule has 0 spiro atoms. The van der Waals surface area contributed by atoms with E-state index in [1.54, 1.807) is 19.9 Å². The molecule has 1 fully saturated rings. The van der Waals surface area contributed by atoms with E-state index in [0.717, 1.165) is 0 Å². The van der Waals surface area contributed by atoms with Crippen molar-refractivity contribution in [3.8, 4) is 0 Å². The maximum atomic E-state index is 11.4. The summed E-state index contributed by atoms with van der Waals surface area (Å²) in [7, 11) is -2.06. The number of hydrogen-bond acceptors (Lipinski definition) is 6. The van der Waals surface area contributed by atoms with Crippen LogP contribution in [0.25, 0.3) is 6.08 Å². The fraction of sp³-hybridized carbons (Fsp3) is 0.619. The Morgan fingerprint density at radius 3 is 2.42 bits per heavy atom. The van der Waals surface area contributed by atoms with Gasteiger partial charge in [-0.3, -0.25) is 10.1 Å². The molecule has 0 saturated carbocycles. The van der Waals surface area contributed by atoms with Gasteiger partial charge in [0.15, 0.2) is 14.1 Å². The van der Waals surface area contributed by atoms with Crippen LogP contribution in [-0.4, -0.2) is 49.1 Å². The molecular weight excluding hydrogens is 461 g/mol. The molecule has 0 aliphatic carbocycles. The van der Waals surface area contributed by atoms with Crippen molar-refractivity contribution in [1.82, 2.24) is 0 Å². The first-order chi connectivity index (χ1) is 14.0. The number of aliphatic hydroxyl groups is 1. The average Bonchev–Trinajstić information content (AvgIpc) is 2.94. The minimum Gasteiger partial charge on any atom is -0.414 e.